The van der Waals surface area contributed by atoms with E-state index in [4.69, 9.17) is 0 Å². The highest BCUT2D eigenvalue weighted by atomic mass is 16.5. The van der Waals surface area contributed by atoms with E-state index in [1.807, 2.05) is 6.07 Å². The zero-order valence-corrected chi connectivity index (χ0v) is 13.0. The van der Waals surface area contributed by atoms with Crippen molar-refractivity contribution >= 4 is 17.6 Å². The van der Waals surface area contributed by atoms with E-state index in [0.717, 1.165) is 42.5 Å². The number of benzene rings is 1. The fraction of sp³-hybridized carbons (Fsp3) is 0.353. The molecule has 1 aromatic carbocycles. The Bertz CT molecular complexity index is 736. The Morgan fingerprint density at radius 2 is 2.13 bits per heavy atom. The van der Waals surface area contributed by atoms with Crippen molar-refractivity contribution in [3.05, 3.63) is 46.8 Å². The normalized spacial score (nSPS) is 13.3. The number of aryl methyl sites for hydroxylation is 1. The maximum atomic E-state index is 12.5. The molecule has 1 aliphatic rings. The van der Waals surface area contributed by atoms with Crippen LogP contribution in [0.15, 0.2) is 24.3 Å². The average molecular weight is 313 g/mol. The predicted octanol–water partition coefficient (Wildman–Crippen LogP) is 2.26. The third-order valence-electron chi connectivity index (χ3n) is 4.03. The van der Waals surface area contributed by atoms with Crippen LogP contribution in [0.2, 0.25) is 0 Å². The number of hydrogen-bond acceptors (Lipinski definition) is 4. The third kappa shape index (κ3) is 3.41. The van der Waals surface area contributed by atoms with Gasteiger partial charge in [-0.3, -0.25) is 14.7 Å². The van der Waals surface area contributed by atoms with Crippen molar-refractivity contribution in [2.45, 2.75) is 32.1 Å². The summed E-state index contributed by atoms with van der Waals surface area (Å²) in [5, 5.41) is 9.99. The van der Waals surface area contributed by atoms with Gasteiger partial charge in [0, 0.05) is 16.9 Å². The number of methoxy groups -OCH3 is 1. The Kier molecular flexibility index (Phi) is 4.41. The lowest BCUT2D eigenvalue weighted by Gasteiger charge is -2.11. The number of nitrogens with one attached hydrogen (secondary N) is 2. The molecule has 0 atom stereocenters. The van der Waals surface area contributed by atoms with E-state index in [0.29, 0.717) is 11.4 Å². The van der Waals surface area contributed by atoms with Gasteiger partial charge >= 0.3 is 5.97 Å². The fourth-order valence-electron chi connectivity index (χ4n) is 2.86. The number of carbonyl (C=O) groups excluding carboxylic acids is 2. The quantitative estimate of drug-likeness (QED) is 0.848. The summed E-state index contributed by atoms with van der Waals surface area (Å²) in [5.41, 5.74) is 4.00. The number of anilines is 1. The first-order chi connectivity index (χ1) is 11.2. The van der Waals surface area contributed by atoms with Crippen LogP contribution in [0.5, 0.6) is 0 Å². The number of nitrogens with zero attached hydrogens (tertiary/aromatic N) is 1. The Labute approximate surface area is 134 Å². The zero-order chi connectivity index (χ0) is 16.2. The number of ether oxygens (including phenoxy) is 1. The number of carbonyl (C=O) groups is 2. The first kappa shape index (κ1) is 15.3. The summed E-state index contributed by atoms with van der Waals surface area (Å²) in [4.78, 5) is 23.8. The van der Waals surface area contributed by atoms with Gasteiger partial charge in [0.25, 0.3) is 5.91 Å². The highest BCUT2D eigenvalue weighted by Gasteiger charge is 2.21. The van der Waals surface area contributed by atoms with E-state index in [1.54, 1.807) is 18.2 Å². The Balaban J connectivity index is 1.74. The molecule has 0 fully saturated rings. The number of amides is 1. The van der Waals surface area contributed by atoms with Gasteiger partial charge in [0.1, 0.15) is 0 Å². The van der Waals surface area contributed by atoms with Crippen LogP contribution in [0.3, 0.4) is 0 Å². The monoisotopic (exact) mass is 313 g/mol. The van der Waals surface area contributed by atoms with Crippen LogP contribution in [-0.4, -0.2) is 29.2 Å². The molecule has 1 aromatic heterocycles. The Hall–Kier alpha value is -2.63. The van der Waals surface area contributed by atoms with Gasteiger partial charge in [0.2, 0.25) is 0 Å². The van der Waals surface area contributed by atoms with E-state index in [1.165, 1.54) is 7.11 Å². The minimum atomic E-state index is -0.310. The zero-order valence-electron chi connectivity index (χ0n) is 13.0. The van der Waals surface area contributed by atoms with Crippen molar-refractivity contribution < 1.29 is 14.3 Å². The van der Waals surface area contributed by atoms with Gasteiger partial charge in [0.05, 0.1) is 13.5 Å². The maximum absolute atomic E-state index is 12.5. The molecule has 0 saturated carbocycles. The number of hydrogen-bond donors (Lipinski definition) is 2. The highest BCUT2D eigenvalue weighted by molar-refractivity contribution is 6.04. The summed E-state index contributed by atoms with van der Waals surface area (Å²) >= 11 is 0. The smallest absolute Gasteiger partial charge is 0.309 e. The molecule has 0 radical (unpaired) electrons. The number of aromatic amines is 1. The van der Waals surface area contributed by atoms with Gasteiger partial charge in [-0.05, 0) is 43.4 Å². The Morgan fingerprint density at radius 3 is 2.96 bits per heavy atom. The number of esters is 1. The van der Waals surface area contributed by atoms with Gasteiger partial charge in [-0.1, -0.05) is 12.1 Å². The highest BCUT2D eigenvalue weighted by Crippen LogP contribution is 2.23. The molecule has 3 rings (SSSR count). The van der Waals surface area contributed by atoms with E-state index in [9.17, 15) is 9.59 Å². The average Bonchev–Trinajstić information content (AvgIpc) is 2.99. The van der Waals surface area contributed by atoms with Crippen molar-refractivity contribution in [3.63, 3.8) is 0 Å². The molecule has 120 valence electrons. The molecule has 0 bridgehead atoms. The van der Waals surface area contributed by atoms with Crippen molar-refractivity contribution in [2.75, 3.05) is 12.4 Å². The number of H-pyrrole nitrogens is 1. The topological polar surface area (TPSA) is 84.1 Å². The van der Waals surface area contributed by atoms with Crippen molar-refractivity contribution in [3.8, 4) is 0 Å². The van der Waals surface area contributed by atoms with Crippen LogP contribution in [0, 0.1) is 0 Å². The summed E-state index contributed by atoms with van der Waals surface area (Å²) in [7, 11) is 1.36. The van der Waals surface area contributed by atoms with Crippen LogP contribution >= 0.6 is 0 Å². The molecule has 23 heavy (non-hydrogen) atoms. The lowest BCUT2D eigenvalue weighted by atomic mass is 9.96. The summed E-state index contributed by atoms with van der Waals surface area (Å²) < 4.78 is 4.66. The molecule has 1 aliphatic carbocycles. The van der Waals surface area contributed by atoms with Gasteiger partial charge in [-0.25, -0.2) is 0 Å². The number of rotatable bonds is 4. The molecular weight excluding hydrogens is 294 g/mol. The second-order valence-electron chi connectivity index (χ2n) is 5.64. The molecule has 0 spiro atoms. The lowest BCUT2D eigenvalue weighted by molar-refractivity contribution is -0.139. The minimum absolute atomic E-state index is 0.179. The second kappa shape index (κ2) is 6.64. The first-order valence-corrected chi connectivity index (χ1v) is 7.70. The molecule has 0 unspecified atom stereocenters. The van der Waals surface area contributed by atoms with Crippen LogP contribution in [0.1, 0.15) is 40.2 Å². The molecule has 1 amide bonds. The first-order valence-electron chi connectivity index (χ1n) is 7.70. The molecule has 6 heteroatoms. The standard InChI is InChI=1S/C17H19N3O3/c1-23-15(21)10-11-5-4-6-12(9-11)18-17(22)16-13-7-2-3-8-14(13)19-20-16/h4-6,9H,2-3,7-8,10H2,1H3,(H,18,22)(H,19,20). The van der Waals surface area contributed by atoms with E-state index >= 15 is 0 Å². The molecule has 2 N–H and O–H groups in total. The number of aromatic nitrogens is 2. The molecule has 0 aliphatic heterocycles. The van der Waals surface area contributed by atoms with Gasteiger partial charge in [0.15, 0.2) is 5.69 Å². The van der Waals surface area contributed by atoms with Crippen LogP contribution < -0.4 is 5.32 Å². The lowest BCUT2D eigenvalue weighted by Crippen LogP contribution is -2.16. The largest absolute Gasteiger partial charge is 0.469 e. The maximum Gasteiger partial charge on any atom is 0.309 e. The Morgan fingerprint density at radius 1 is 1.30 bits per heavy atom. The van der Waals surface area contributed by atoms with Crippen molar-refractivity contribution in [2.24, 2.45) is 0 Å². The van der Waals surface area contributed by atoms with E-state index in [-0.39, 0.29) is 18.3 Å². The van der Waals surface area contributed by atoms with Crippen LogP contribution in [0.4, 0.5) is 5.69 Å². The SMILES string of the molecule is COC(=O)Cc1cccc(NC(=O)c2n[nH]c3c2CCCC3)c1. The summed E-state index contributed by atoms with van der Waals surface area (Å²) in [6.07, 6.45) is 4.23. The molecule has 6 nitrogen and oxygen atoms in total. The van der Waals surface area contributed by atoms with E-state index in [2.05, 4.69) is 20.3 Å². The molecule has 2 aromatic rings. The van der Waals surface area contributed by atoms with E-state index < -0.39 is 0 Å². The summed E-state index contributed by atoms with van der Waals surface area (Å²) in [5.74, 6) is -0.533. The third-order valence-corrected chi connectivity index (χ3v) is 4.03. The fourth-order valence-corrected chi connectivity index (χ4v) is 2.86. The van der Waals surface area contributed by atoms with Crippen molar-refractivity contribution in [1.29, 1.82) is 0 Å². The number of fused-ring (bicyclic) bond motifs is 1. The van der Waals surface area contributed by atoms with Crippen LogP contribution in [-0.2, 0) is 28.8 Å². The molecule has 0 saturated heterocycles. The summed E-state index contributed by atoms with van der Waals surface area (Å²) in [6.45, 7) is 0. The molecular formula is C17H19N3O3. The molecule has 1 heterocycles. The second-order valence-corrected chi connectivity index (χ2v) is 5.64. The van der Waals surface area contributed by atoms with Crippen LogP contribution in [0.25, 0.3) is 0 Å². The summed E-state index contributed by atoms with van der Waals surface area (Å²) in [6, 6.07) is 7.18. The van der Waals surface area contributed by atoms with Crippen molar-refractivity contribution in [1.82, 2.24) is 10.2 Å². The van der Waals surface area contributed by atoms with Gasteiger partial charge in [-0.15, -0.1) is 0 Å². The minimum Gasteiger partial charge on any atom is -0.469 e. The van der Waals surface area contributed by atoms with Gasteiger partial charge in [-0.2, -0.15) is 5.10 Å². The predicted molar refractivity (Wildman–Crippen MR) is 85.3 cm³/mol. The van der Waals surface area contributed by atoms with Gasteiger partial charge < -0.3 is 10.1 Å².